The van der Waals surface area contributed by atoms with E-state index in [1.807, 2.05) is 0 Å². The van der Waals surface area contributed by atoms with E-state index in [9.17, 15) is 34.2 Å². The molecule has 0 spiro atoms. The molecule has 0 unspecified atom stereocenters. The molecule has 2 aliphatic heterocycles. The van der Waals surface area contributed by atoms with Crippen molar-refractivity contribution in [3.8, 4) is 0 Å². The van der Waals surface area contributed by atoms with Crippen LogP contribution in [0.4, 0.5) is 5.69 Å². The highest BCUT2D eigenvalue weighted by Crippen LogP contribution is 2.36. The number of hydrogen-bond acceptors (Lipinski definition) is 12. The van der Waals surface area contributed by atoms with Crippen molar-refractivity contribution < 1.29 is 48.3 Å². The number of aliphatic hydroxyl groups is 2. The van der Waals surface area contributed by atoms with E-state index in [-0.39, 0.29) is 6.42 Å². The Kier molecular flexibility index (Phi) is 13.0. The lowest BCUT2D eigenvalue weighted by atomic mass is 10.0. The largest absolute Gasteiger partial charge is 0.456 e. The van der Waals surface area contributed by atoms with Crippen LogP contribution in [0.3, 0.4) is 0 Å². The molecule has 6 N–H and O–H groups in total. The number of benzene rings is 1. The van der Waals surface area contributed by atoms with Crippen LogP contribution in [0, 0.1) is 0 Å². The van der Waals surface area contributed by atoms with Gasteiger partial charge in [0.25, 0.3) is 11.5 Å². The summed E-state index contributed by atoms with van der Waals surface area (Å²) in [6.07, 6.45) is -4.86. The standard InChI is InChI=1S/C32H42N4O12/c1-3-4-5-6-7-11-14-22(39)46-27-24(44-2)25(47-30(27)36-16-15-21(38)35-32(36)43)26(28(33)41)48-31-23(40)19(37)17-20(45-31)29(42)34-18-12-9-8-10-13-18/h8-10,12-13,15-17,19,23-27,30-31,37,40H,3-7,11,14H2,1-2H3,(H2,33,41)(H,34,42)(H,35,38,43)/t19-,23-,24+,25-,26+,27+,30+,31+/m0/s1. The van der Waals surface area contributed by atoms with E-state index in [1.54, 1.807) is 30.3 Å². The summed E-state index contributed by atoms with van der Waals surface area (Å²) in [4.78, 5) is 65.4. The first-order chi connectivity index (χ1) is 23.0. The molecule has 0 aliphatic carbocycles. The Morgan fingerprint density at radius 1 is 1.04 bits per heavy atom. The molecule has 8 atom stereocenters. The van der Waals surface area contributed by atoms with Gasteiger partial charge in [0, 0.05) is 31.5 Å². The van der Waals surface area contributed by atoms with E-state index >= 15 is 0 Å². The van der Waals surface area contributed by atoms with Gasteiger partial charge in [-0.3, -0.25) is 28.7 Å². The molecule has 3 heterocycles. The fraction of sp³-hybridized carbons (Fsp3) is 0.531. The number of para-hydroxylation sites is 1. The topological polar surface area (TPSA) is 231 Å². The van der Waals surface area contributed by atoms with Gasteiger partial charge in [0.05, 0.1) is 0 Å². The van der Waals surface area contributed by atoms with Crippen LogP contribution in [0.1, 0.15) is 58.1 Å². The average Bonchev–Trinajstić information content (AvgIpc) is 3.40. The van der Waals surface area contributed by atoms with Gasteiger partial charge in [-0.1, -0.05) is 57.2 Å². The minimum Gasteiger partial charge on any atom is -0.456 e. The molecule has 48 heavy (non-hydrogen) atoms. The second-order valence-corrected chi connectivity index (χ2v) is 11.5. The monoisotopic (exact) mass is 674 g/mol. The third-order valence-electron chi connectivity index (χ3n) is 7.93. The molecule has 16 heteroatoms. The zero-order valence-corrected chi connectivity index (χ0v) is 26.7. The van der Waals surface area contributed by atoms with Crippen LogP contribution in [0.15, 0.2) is 64.0 Å². The number of H-pyrrole nitrogens is 1. The number of esters is 1. The average molecular weight is 675 g/mol. The number of ether oxygens (including phenoxy) is 5. The first kappa shape index (κ1) is 36.5. The fourth-order valence-electron chi connectivity index (χ4n) is 5.47. The third kappa shape index (κ3) is 9.17. The minimum atomic E-state index is -1.82. The number of nitrogens with zero attached hydrogens (tertiary/aromatic N) is 1. The zero-order valence-electron chi connectivity index (χ0n) is 26.7. The predicted molar refractivity (Wildman–Crippen MR) is 168 cm³/mol. The maximum Gasteiger partial charge on any atom is 0.330 e. The lowest BCUT2D eigenvalue weighted by molar-refractivity contribution is -0.241. The van der Waals surface area contributed by atoms with Crippen molar-refractivity contribution >= 4 is 23.5 Å². The number of carbonyl (C=O) groups excluding carboxylic acids is 3. The molecule has 16 nitrogen and oxygen atoms in total. The second kappa shape index (κ2) is 17.2. The maximum absolute atomic E-state index is 13.0. The van der Waals surface area contributed by atoms with Crippen molar-refractivity contribution in [2.24, 2.45) is 5.73 Å². The van der Waals surface area contributed by atoms with Gasteiger partial charge in [0.1, 0.15) is 24.4 Å². The molecule has 2 aromatic rings. The SMILES string of the molecule is CCCCCCCCC(=O)O[C@@H]1[C@H](OC)[C@@H]([C@@H](O[C@H]2OC(C(=O)Nc3ccccc3)=C[C@H](O)[C@@H]2O)C(N)=O)O[C@H]1n1ccc(=O)[nH]c1=O. The molecule has 1 fully saturated rings. The van der Waals surface area contributed by atoms with Gasteiger partial charge < -0.3 is 44.9 Å². The Morgan fingerprint density at radius 3 is 2.42 bits per heavy atom. The minimum absolute atomic E-state index is 0.0624. The van der Waals surface area contributed by atoms with Crippen molar-refractivity contribution in [1.29, 1.82) is 0 Å². The Morgan fingerprint density at radius 2 is 1.75 bits per heavy atom. The van der Waals surface area contributed by atoms with Crippen LogP contribution in [0.2, 0.25) is 0 Å². The number of amides is 2. The molecule has 1 aromatic heterocycles. The summed E-state index contributed by atoms with van der Waals surface area (Å²) < 4.78 is 29.7. The van der Waals surface area contributed by atoms with Gasteiger partial charge in [-0.25, -0.2) is 4.79 Å². The van der Waals surface area contributed by atoms with Crippen LogP contribution >= 0.6 is 0 Å². The van der Waals surface area contributed by atoms with E-state index in [0.29, 0.717) is 12.1 Å². The molecular formula is C32H42N4O12. The quantitative estimate of drug-likeness (QED) is 0.122. The molecule has 1 saturated heterocycles. The van der Waals surface area contributed by atoms with Crippen LogP contribution in [0.5, 0.6) is 0 Å². The van der Waals surface area contributed by atoms with Crippen molar-refractivity contribution in [3.05, 3.63) is 75.3 Å². The summed E-state index contributed by atoms with van der Waals surface area (Å²) in [6.45, 7) is 2.10. The molecule has 1 aromatic carbocycles. The normalized spacial score (nSPS) is 25.8. The highest BCUT2D eigenvalue weighted by atomic mass is 16.7. The zero-order chi connectivity index (χ0) is 34.8. The molecule has 0 radical (unpaired) electrons. The number of rotatable bonds is 16. The summed E-state index contributed by atoms with van der Waals surface area (Å²) in [5, 5.41) is 23.8. The number of nitrogens with one attached hydrogen (secondary N) is 2. The number of nitrogens with two attached hydrogens (primary N) is 1. The molecule has 0 bridgehead atoms. The Labute approximate surface area is 275 Å². The van der Waals surface area contributed by atoms with E-state index in [0.717, 1.165) is 55.0 Å². The van der Waals surface area contributed by atoms with Crippen molar-refractivity contribution in [2.45, 2.75) is 101 Å². The van der Waals surface area contributed by atoms with Gasteiger partial charge in [0.15, 0.2) is 24.2 Å². The Balaban J connectivity index is 1.56. The van der Waals surface area contributed by atoms with Crippen molar-refractivity contribution in [2.75, 3.05) is 12.4 Å². The highest BCUT2D eigenvalue weighted by molar-refractivity contribution is 6.02. The summed E-state index contributed by atoms with van der Waals surface area (Å²) in [6, 6.07) is 9.42. The third-order valence-corrected chi connectivity index (χ3v) is 7.93. The Bertz CT molecular complexity index is 1540. The second-order valence-electron chi connectivity index (χ2n) is 11.5. The Hall–Kier alpha value is -4.35. The number of aliphatic hydroxyl groups excluding tert-OH is 2. The molecule has 0 saturated carbocycles. The van der Waals surface area contributed by atoms with Crippen molar-refractivity contribution in [3.63, 3.8) is 0 Å². The van der Waals surface area contributed by atoms with Gasteiger partial charge in [0.2, 0.25) is 12.2 Å². The highest BCUT2D eigenvalue weighted by Gasteiger charge is 2.54. The van der Waals surface area contributed by atoms with E-state index < -0.39 is 83.9 Å². The predicted octanol–water partition coefficient (Wildman–Crippen LogP) is 0.583. The number of aromatic amines is 1. The summed E-state index contributed by atoms with van der Waals surface area (Å²) >= 11 is 0. The van der Waals surface area contributed by atoms with Crippen LogP contribution in [0.25, 0.3) is 0 Å². The summed E-state index contributed by atoms with van der Waals surface area (Å²) in [7, 11) is 1.25. The summed E-state index contributed by atoms with van der Waals surface area (Å²) in [5.41, 5.74) is 4.54. The number of unbranched alkanes of at least 4 members (excludes halogenated alkanes) is 5. The first-order valence-electron chi connectivity index (χ1n) is 15.8. The van der Waals surface area contributed by atoms with Crippen LogP contribution in [-0.4, -0.2) is 87.6 Å². The molecule has 2 aliphatic rings. The molecule has 4 rings (SSSR count). The van der Waals surface area contributed by atoms with E-state index in [2.05, 4.69) is 17.2 Å². The molecule has 262 valence electrons. The molecular weight excluding hydrogens is 632 g/mol. The van der Waals surface area contributed by atoms with Crippen molar-refractivity contribution in [1.82, 2.24) is 9.55 Å². The van der Waals surface area contributed by atoms with Crippen LogP contribution < -0.4 is 22.3 Å². The first-order valence-corrected chi connectivity index (χ1v) is 15.8. The number of methoxy groups -OCH3 is 1. The lowest BCUT2D eigenvalue weighted by Gasteiger charge is -2.35. The maximum atomic E-state index is 13.0. The fourth-order valence-corrected chi connectivity index (χ4v) is 5.47. The number of primary amides is 1. The molecule has 2 amide bonds. The number of hydrogen-bond donors (Lipinski definition) is 5. The van der Waals surface area contributed by atoms with Gasteiger partial charge >= 0.3 is 11.7 Å². The lowest BCUT2D eigenvalue weighted by Crippen LogP contribution is -2.54. The van der Waals surface area contributed by atoms with E-state index in [4.69, 9.17) is 29.4 Å². The van der Waals surface area contributed by atoms with Gasteiger partial charge in [-0.05, 0) is 24.6 Å². The number of aromatic nitrogens is 2. The number of carbonyl (C=O) groups is 3. The van der Waals surface area contributed by atoms with Gasteiger partial charge in [-0.2, -0.15) is 0 Å². The number of anilines is 1. The smallest absolute Gasteiger partial charge is 0.330 e. The van der Waals surface area contributed by atoms with Crippen LogP contribution in [-0.2, 0) is 38.1 Å². The summed E-state index contributed by atoms with van der Waals surface area (Å²) in [5.74, 6) is -2.95. The van der Waals surface area contributed by atoms with E-state index in [1.165, 1.54) is 7.11 Å². The van der Waals surface area contributed by atoms with Gasteiger partial charge in [-0.15, -0.1) is 0 Å².